The Labute approximate surface area is 125 Å². The monoisotopic (exact) mass is 333 g/mol. The number of hydrogen-bond acceptors (Lipinski definition) is 5. The van der Waals surface area contributed by atoms with Crippen molar-refractivity contribution < 1.29 is 22.5 Å². The summed E-state index contributed by atoms with van der Waals surface area (Å²) in [6.07, 6.45) is -3.40. The number of halogens is 3. The Bertz CT molecular complexity index is 701. The molecule has 2 rings (SSSR count). The molecule has 1 amide bonds. The van der Waals surface area contributed by atoms with Crippen LogP contribution in [0.3, 0.4) is 0 Å². The summed E-state index contributed by atoms with van der Waals surface area (Å²) in [5, 5.41) is 12.7. The fraction of sp³-hybridized carbons (Fsp3) is 0.273. The van der Waals surface area contributed by atoms with Gasteiger partial charge in [0, 0.05) is 13.1 Å². The molecule has 1 aromatic carbocycles. The number of aromatic nitrogens is 4. The minimum Gasteiger partial charge on any atom is -0.612 e. The predicted octanol–water partition coefficient (Wildman–Crippen LogP) is 1.22. The van der Waals surface area contributed by atoms with Crippen LogP contribution in [0.5, 0.6) is 0 Å². The maximum absolute atomic E-state index is 12.7. The van der Waals surface area contributed by atoms with Crippen molar-refractivity contribution in [1.29, 1.82) is 0 Å². The summed E-state index contributed by atoms with van der Waals surface area (Å²) in [4.78, 5) is 11.9. The van der Waals surface area contributed by atoms with Gasteiger partial charge in [0.15, 0.2) is 4.90 Å². The first-order chi connectivity index (χ1) is 10.2. The summed E-state index contributed by atoms with van der Waals surface area (Å²) in [5.74, 6) is -0.741. The number of amides is 1. The molecule has 0 radical (unpaired) electrons. The van der Waals surface area contributed by atoms with Crippen molar-refractivity contribution in [3.05, 3.63) is 29.3 Å². The lowest BCUT2D eigenvalue weighted by atomic mass is 10.1. The van der Waals surface area contributed by atoms with Gasteiger partial charge in [-0.2, -0.15) is 13.2 Å². The van der Waals surface area contributed by atoms with Crippen LogP contribution in [0.4, 0.5) is 19.1 Å². The molecule has 0 bridgehead atoms. The fourth-order valence-electron chi connectivity index (χ4n) is 1.63. The van der Waals surface area contributed by atoms with Gasteiger partial charge in [0.2, 0.25) is 5.95 Å². The predicted molar refractivity (Wildman–Crippen MR) is 70.5 cm³/mol. The second-order valence-corrected chi connectivity index (χ2v) is 5.59. The quantitative estimate of drug-likeness (QED) is 0.852. The summed E-state index contributed by atoms with van der Waals surface area (Å²) >= 11 is -1.78. The van der Waals surface area contributed by atoms with Gasteiger partial charge in [-0.05, 0) is 33.7 Å². The molecule has 0 aliphatic rings. The second kappa shape index (κ2) is 5.93. The minimum absolute atomic E-state index is 0.0118. The smallest absolute Gasteiger partial charge is 0.416 e. The molecule has 1 aromatic heterocycles. The van der Waals surface area contributed by atoms with Crippen molar-refractivity contribution in [3.8, 4) is 0 Å². The van der Waals surface area contributed by atoms with Gasteiger partial charge in [-0.25, -0.2) is 4.68 Å². The van der Waals surface area contributed by atoms with Crippen LogP contribution in [0.2, 0.25) is 0 Å². The fourth-order valence-corrected chi connectivity index (χ4v) is 2.39. The lowest BCUT2D eigenvalue weighted by molar-refractivity contribution is -0.137. The minimum atomic E-state index is -4.59. The molecule has 2 aromatic rings. The van der Waals surface area contributed by atoms with E-state index in [4.69, 9.17) is 0 Å². The SMILES string of the molecule is Cn1nnnc1NC(=O)c1ccc(C(F)(F)F)cc1[S+](C)[O-]. The van der Waals surface area contributed by atoms with Gasteiger partial charge < -0.3 is 4.55 Å². The van der Waals surface area contributed by atoms with E-state index < -0.39 is 28.8 Å². The van der Waals surface area contributed by atoms with Gasteiger partial charge >= 0.3 is 6.18 Å². The molecule has 0 saturated carbocycles. The zero-order chi connectivity index (χ0) is 16.5. The normalized spacial score (nSPS) is 13.0. The van der Waals surface area contributed by atoms with E-state index in [1.165, 1.54) is 18.0 Å². The third-order valence-corrected chi connectivity index (χ3v) is 3.67. The van der Waals surface area contributed by atoms with Crippen molar-refractivity contribution in [2.45, 2.75) is 11.1 Å². The number of benzene rings is 1. The molecule has 11 heteroatoms. The topological polar surface area (TPSA) is 95.8 Å². The number of anilines is 1. The highest BCUT2D eigenvalue weighted by atomic mass is 32.2. The molecule has 0 fully saturated rings. The lowest BCUT2D eigenvalue weighted by Gasteiger charge is -2.13. The Kier molecular flexibility index (Phi) is 4.37. The van der Waals surface area contributed by atoms with Gasteiger partial charge in [-0.1, -0.05) is 5.10 Å². The zero-order valence-electron chi connectivity index (χ0n) is 11.4. The van der Waals surface area contributed by atoms with E-state index >= 15 is 0 Å². The first-order valence-corrected chi connectivity index (χ1v) is 7.34. The number of carbonyl (C=O) groups excluding carboxylic acids is 1. The van der Waals surface area contributed by atoms with Crippen molar-refractivity contribution in [3.63, 3.8) is 0 Å². The third kappa shape index (κ3) is 3.36. The maximum Gasteiger partial charge on any atom is 0.416 e. The Balaban J connectivity index is 2.38. The average molecular weight is 333 g/mol. The molecular weight excluding hydrogens is 323 g/mol. The standard InChI is InChI=1S/C11H10F3N5O2S/c1-19-10(16-17-18-19)15-9(20)7-4-3-6(11(12,13)14)5-8(7)22(2)21/h3-5H,1-2H3,(H,15,16,18,20). The van der Waals surface area contributed by atoms with Crippen molar-refractivity contribution in [2.75, 3.05) is 11.6 Å². The van der Waals surface area contributed by atoms with E-state index in [-0.39, 0.29) is 16.4 Å². The second-order valence-electron chi connectivity index (χ2n) is 4.24. The van der Waals surface area contributed by atoms with E-state index in [0.717, 1.165) is 12.1 Å². The van der Waals surface area contributed by atoms with E-state index in [1.807, 2.05) is 0 Å². The lowest BCUT2D eigenvalue weighted by Crippen LogP contribution is -2.19. The molecule has 1 unspecified atom stereocenters. The zero-order valence-corrected chi connectivity index (χ0v) is 12.2. The van der Waals surface area contributed by atoms with Crippen LogP contribution in [-0.2, 0) is 24.4 Å². The number of tetrazole rings is 1. The first kappa shape index (κ1) is 16.2. The molecular formula is C11H10F3N5O2S. The molecule has 22 heavy (non-hydrogen) atoms. The van der Waals surface area contributed by atoms with Gasteiger partial charge in [-0.3, -0.25) is 10.1 Å². The highest BCUT2D eigenvalue weighted by molar-refractivity contribution is 7.90. The molecule has 7 nitrogen and oxygen atoms in total. The van der Waals surface area contributed by atoms with Crippen molar-refractivity contribution in [1.82, 2.24) is 20.2 Å². The van der Waals surface area contributed by atoms with E-state index in [9.17, 15) is 22.5 Å². The van der Waals surface area contributed by atoms with Crippen LogP contribution in [0.25, 0.3) is 0 Å². The van der Waals surface area contributed by atoms with Crippen LogP contribution in [0.15, 0.2) is 23.1 Å². The maximum atomic E-state index is 12.7. The highest BCUT2D eigenvalue weighted by Gasteiger charge is 2.33. The number of aryl methyl sites for hydroxylation is 1. The van der Waals surface area contributed by atoms with Gasteiger partial charge in [0.05, 0.1) is 11.1 Å². The number of nitrogens with one attached hydrogen (secondary N) is 1. The number of rotatable bonds is 3. The number of alkyl halides is 3. The van der Waals surface area contributed by atoms with Crippen LogP contribution in [0.1, 0.15) is 15.9 Å². The number of hydrogen-bond donors (Lipinski definition) is 1. The van der Waals surface area contributed by atoms with Gasteiger partial charge in [0.1, 0.15) is 6.26 Å². The Morgan fingerprint density at radius 3 is 2.59 bits per heavy atom. The van der Waals surface area contributed by atoms with Gasteiger partial charge in [-0.15, -0.1) is 0 Å². The van der Waals surface area contributed by atoms with Gasteiger partial charge in [0.25, 0.3) is 5.91 Å². The van der Waals surface area contributed by atoms with Crippen LogP contribution < -0.4 is 5.32 Å². The largest absolute Gasteiger partial charge is 0.612 e. The molecule has 0 spiro atoms. The molecule has 1 atom stereocenters. The summed E-state index contributed by atoms with van der Waals surface area (Å²) in [5.41, 5.74) is -1.12. The first-order valence-electron chi connectivity index (χ1n) is 5.78. The molecule has 0 aliphatic heterocycles. The van der Waals surface area contributed by atoms with E-state index in [1.54, 1.807) is 0 Å². The molecule has 1 heterocycles. The summed E-state index contributed by atoms with van der Waals surface area (Å²) in [6, 6.07) is 2.42. The Morgan fingerprint density at radius 1 is 1.41 bits per heavy atom. The van der Waals surface area contributed by atoms with Crippen molar-refractivity contribution >= 4 is 23.0 Å². The molecule has 0 saturated heterocycles. The summed E-state index contributed by atoms with van der Waals surface area (Å²) in [6.45, 7) is 0. The highest BCUT2D eigenvalue weighted by Crippen LogP contribution is 2.32. The Morgan fingerprint density at radius 2 is 2.09 bits per heavy atom. The molecule has 0 aliphatic carbocycles. The van der Waals surface area contributed by atoms with E-state index in [2.05, 4.69) is 20.8 Å². The Hall–Kier alpha value is -2.14. The molecule has 1 N–H and O–H groups in total. The van der Waals surface area contributed by atoms with E-state index in [0.29, 0.717) is 6.07 Å². The summed E-state index contributed by atoms with van der Waals surface area (Å²) < 4.78 is 50.9. The van der Waals surface area contributed by atoms with Crippen molar-refractivity contribution in [2.24, 2.45) is 7.05 Å². The summed E-state index contributed by atoms with van der Waals surface area (Å²) in [7, 11) is 1.47. The van der Waals surface area contributed by atoms with Crippen LogP contribution in [0, 0.1) is 0 Å². The van der Waals surface area contributed by atoms with Crippen LogP contribution >= 0.6 is 0 Å². The third-order valence-electron chi connectivity index (χ3n) is 2.71. The molecule has 118 valence electrons. The van der Waals surface area contributed by atoms with Crippen LogP contribution in [-0.4, -0.2) is 36.9 Å². The number of nitrogens with zero attached hydrogens (tertiary/aromatic N) is 4. The average Bonchev–Trinajstić information content (AvgIpc) is 2.82. The number of carbonyl (C=O) groups is 1.